The number of nitro benzene ring substituents is 1. The number of hydrogen-bond acceptors (Lipinski definition) is 7. The molecule has 1 heterocycles. The van der Waals surface area contributed by atoms with Crippen LogP contribution in [0.15, 0.2) is 36.4 Å². The molecule has 0 saturated heterocycles. The van der Waals surface area contributed by atoms with Crippen LogP contribution in [-0.2, 0) is 9.53 Å². The van der Waals surface area contributed by atoms with Crippen LogP contribution in [0.1, 0.15) is 11.1 Å². The van der Waals surface area contributed by atoms with E-state index in [9.17, 15) is 14.9 Å². The quantitative estimate of drug-likeness (QED) is 0.437. The zero-order valence-electron chi connectivity index (χ0n) is 15.0. The standard InChI is InChI=1S/C19H17NO7/c1-24-15-8-12(9-16(25-2)18(15)26-3)17-14(10-27-19(17)21)11-5-4-6-13(7-11)20(22)23/h4-9H,10H2,1-3H3. The van der Waals surface area contributed by atoms with Gasteiger partial charge in [-0.3, -0.25) is 10.1 Å². The maximum absolute atomic E-state index is 12.4. The fourth-order valence-corrected chi connectivity index (χ4v) is 2.96. The summed E-state index contributed by atoms with van der Waals surface area (Å²) in [6, 6.07) is 9.34. The molecule has 0 bridgehead atoms. The number of non-ortho nitro benzene ring substituents is 1. The van der Waals surface area contributed by atoms with Gasteiger partial charge in [-0.15, -0.1) is 0 Å². The van der Waals surface area contributed by atoms with Crippen molar-refractivity contribution in [3.05, 3.63) is 57.6 Å². The molecule has 0 amide bonds. The molecule has 3 rings (SSSR count). The molecular formula is C19H17NO7. The topological polar surface area (TPSA) is 97.1 Å². The summed E-state index contributed by atoms with van der Waals surface area (Å²) in [5, 5.41) is 11.1. The highest BCUT2D eigenvalue weighted by Crippen LogP contribution is 2.43. The second kappa shape index (κ2) is 7.36. The van der Waals surface area contributed by atoms with Crippen molar-refractivity contribution < 1.29 is 28.7 Å². The Morgan fingerprint density at radius 2 is 1.67 bits per heavy atom. The van der Waals surface area contributed by atoms with Crippen LogP contribution in [0.25, 0.3) is 11.1 Å². The predicted molar refractivity (Wildman–Crippen MR) is 97.0 cm³/mol. The minimum Gasteiger partial charge on any atom is -0.493 e. The van der Waals surface area contributed by atoms with Crippen LogP contribution in [0.5, 0.6) is 17.2 Å². The van der Waals surface area contributed by atoms with Gasteiger partial charge in [0.1, 0.15) is 6.61 Å². The third kappa shape index (κ3) is 3.29. The highest BCUT2D eigenvalue weighted by molar-refractivity contribution is 6.27. The fourth-order valence-electron chi connectivity index (χ4n) is 2.96. The molecule has 0 atom stereocenters. The lowest BCUT2D eigenvalue weighted by atomic mass is 9.96. The summed E-state index contributed by atoms with van der Waals surface area (Å²) in [5.74, 6) is 0.647. The molecule has 0 aliphatic carbocycles. The number of nitro groups is 1. The number of cyclic esters (lactones) is 1. The average Bonchev–Trinajstić information content (AvgIpc) is 3.08. The van der Waals surface area contributed by atoms with Crippen LogP contribution in [0.2, 0.25) is 0 Å². The van der Waals surface area contributed by atoms with Crippen molar-refractivity contribution in [2.45, 2.75) is 0 Å². The highest BCUT2D eigenvalue weighted by atomic mass is 16.6. The Morgan fingerprint density at radius 1 is 1.00 bits per heavy atom. The van der Waals surface area contributed by atoms with Gasteiger partial charge in [-0.05, 0) is 23.3 Å². The van der Waals surface area contributed by atoms with E-state index < -0.39 is 10.9 Å². The van der Waals surface area contributed by atoms with Gasteiger partial charge in [-0.25, -0.2) is 4.79 Å². The normalized spacial score (nSPS) is 13.4. The van der Waals surface area contributed by atoms with Crippen LogP contribution in [0.4, 0.5) is 5.69 Å². The molecule has 0 aromatic heterocycles. The summed E-state index contributed by atoms with van der Waals surface area (Å²) in [5.41, 5.74) is 1.84. The third-order valence-corrected chi connectivity index (χ3v) is 4.21. The van der Waals surface area contributed by atoms with Gasteiger partial charge in [0.15, 0.2) is 11.5 Å². The molecule has 0 saturated carbocycles. The van der Waals surface area contributed by atoms with E-state index in [0.717, 1.165) is 0 Å². The van der Waals surface area contributed by atoms with Crippen molar-refractivity contribution >= 4 is 22.8 Å². The van der Waals surface area contributed by atoms with E-state index in [4.69, 9.17) is 18.9 Å². The molecule has 0 fully saturated rings. The second-order valence-corrected chi connectivity index (χ2v) is 5.65. The third-order valence-electron chi connectivity index (χ3n) is 4.21. The van der Waals surface area contributed by atoms with Crippen molar-refractivity contribution in [3.8, 4) is 17.2 Å². The lowest BCUT2D eigenvalue weighted by molar-refractivity contribution is -0.384. The molecule has 27 heavy (non-hydrogen) atoms. The number of esters is 1. The molecule has 2 aromatic carbocycles. The van der Waals surface area contributed by atoms with Crippen molar-refractivity contribution in [1.29, 1.82) is 0 Å². The Hall–Kier alpha value is -3.55. The van der Waals surface area contributed by atoms with Crippen molar-refractivity contribution in [1.82, 2.24) is 0 Å². The first-order chi connectivity index (χ1) is 13.0. The smallest absolute Gasteiger partial charge is 0.339 e. The van der Waals surface area contributed by atoms with Crippen molar-refractivity contribution in [3.63, 3.8) is 0 Å². The van der Waals surface area contributed by atoms with E-state index in [0.29, 0.717) is 39.5 Å². The van der Waals surface area contributed by atoms with E-state index in [1.165, 1.54) is 33.5 Å². The Labute approximate surface area is 155 Å². The number of rotatable bonds is 6. The number of carbonyl (C=O) groups excluding carboxylic acids is 1. The fraction of sp³-hybridized carbons (Fsp3) is 0.211. The van der Waals surface area contributed by atoms with E-state index in [1.807, 2.05) is 0 Å². The summed E-state index contributed by atoms with van der Waals surface area (Å²) < 4.78 is 21.2. The highest BCUT2D eigenvalue weighted by Gasteiger charge is 2.29. The molecule has 2 aromatic rings. The largest absolute Gasteiger partial charge is 0.493 e. The van der Waals surface area contributed by atoms with Gasteiger partial charge in [-0.1, -0.05) is 12.1 Å². The molecule has 1 aliphatic rings. The maximum atomic E-state index is 12.4. The average molecular weight is 371 g/mol. The first-order valence-corrected chi connectivity index (χ1v) is 7.95. The van der Waals surface area contributed by atoms with Gasteiger partial charge in [0.2, 0.25) is 5.75 Å². The van der Waals surface area contributed by atoms with Crippen LogP contribution < -0.4 is 14.2 Å². The van der Waals surface area contributed by atoms with Gasteiger partial charge in [0.25, 0.3) is 5.69 Å². The van der Waals surface area contributed by atoms with Gasteiger partial charge in [0.05, 0.1) is 31.8 Å². The lowest BCUT2D eigenvalue weighted by Crippen LogP contribution is -2.01. The zero-order chi connectivity index (χ0) is 19.6. The summed E-state index contributed by atoms with van der Waals surface area (Å²) in [6.07, 6.45) is 0. The van der Waals surface area contributed by atoms with E-state index in [2.05, 4.69) is 0 Å². The number of carbonyl (C=O) groups is 1. The van der Waals surface area contributed by atoms with Crippen LogP contribution in [0.3, 0.4) is 0 Å². The molecule has 8 heteroatoms. The predicted octanol–water partition coefficient (Wildman–Crippen LogP) is 3.09. The van der Waals surface area contributed by atoms with Gasteiger partial charge < -0.3 is 18.9 Å². The molecule has 0 radical (unpaired) electrons. The Balaban J connectivity index is 2.21. The molecule has 0 unspecified atom stereocenters. The molecular weight excluding hydrogens is 354 g/mol. The second-order valence-electron chi connectivity index (χ2n) is 5.65. The van der Waals surface area contributed by atoms with Crippen molar-refractivity contribution in [2.24, 2.45) is 0 Å². The molecule has 0 spiro atoms. The maximum Gasteiger partial charge on any atom is 0.339 e. The Morgan fingerprint density at radius 3 is 2.22 bits per heavy atom. The minimum atomic E-state index is -0.522. The summed E-state index contributed by atoms with van der Waals surface area (Å²) in [4.78, 5) is 23.0. The van der Waals surface area contributed by atoms with E-state index in [-0.39, 0.29) is 12.3 Å². The molecule has 140 valence electrons. The van der Waals surface area contributed by atoms with Gasteiger partial charge in [-0.2, -0.15) is 0 Å². The molecule has 0 N–H and O–H groups in total. The van der Waals surface area contributed by atoms with Crippen LogP contribution in [-0.4, -0.2) is 38.8 Å². The minimum absolute atomic E-state index is 0.0198. The van der Waals surface area contributed by atoms with Gasteiger partial charge in [0, 0.05) is 17.7 Å². The summed E-state index contributed by atoms with van der Waals surface area (Å²) in [7, 11) is 4.44. The van der Waals surface area contributed by atoms with Crippen LogP contribution in [0, 0.1) is 10.1 Å². The van der Waals surface area contributed by atoms with Crippen LogP contribution >= 0.6 is 0 Å². The molecule has 1 aliphatic heterocycles. The number of methoxy groups -OCH3 is 3. The lowest BCUT2D eigenvalue weighted by Gasteiger charge is -2.14. The van der Waals surface area contributed by atoms with Crippen molar-refractivity contribution in [2.75, 3.05) is 27.9 Å². The Kier molecular flexibility index (Phi) is 4.98. The summed E-state index contributed by atoms with van der Waals surface area (Å²) in [6.45, 7) is 0.0198. The Bertz CT molecular complexity index is 924. The number of hydrogen-bond donors (Lipinski definition) is 0. The first-order valence-electron chi connectivity index (χ1n) is 7.95. The number of ether oxygens (including phenoxy) is 4. The molecule has 8 nitrogen and oxygen atoms in total. The monoisotopic (exact) mass is 371 g/mol. The SMILES string of the molecule is COc1cc(C2=C(c3cccc([N+](=O)[O-])c3)COC2=O)cc(OC)c1OC. The van der Waals surface area contributed by atoms with E-state index in [1.54, 1.807) is 24.3 Å². The van der Waals surface area contributed by atoms with E-state index >= 15 is 0 Å². The number of nitrogens with zero attached hydrogens (tertiary/aromatic N) is 1. The summed E-state index contributed by atoms with van der Waals surface area (Å²) >= 11 is 0. The zero-order valence-corrected chi connectivity index (χ0v) is 15.0. The van der Waals surface area contributed by atoms with Gasteiger partial charge >= 0.3 is 5.97 Å². The first kappa shape index (κ1) is 18.2. The number of benzene rings is 2.